The third-order valence-electron chi connectivity index (χ3n) is 3.86. The van der Waals surface area contributed by atoms with Crippen LogP contribution in [0.15, 0.2) is 30.3 Å². The number of nitrogens with zero attached hydrogens (tertiary/aromatic N) is 1. The van der Waals surface area contributed by atoms with Crippen LogP contribution in [0.5, 0.6) is 0 Å². The summed E-state index contributed by atoms with van der Waals surface area (Å²) in [5, 5.41) is 3.65. The van der Waals surface area contributed by atoms with Gasteiger partial charge in [-0.25, -0.2) is 0 Å². The monoisotopic (exact) mass is 246 g/mol. The van der Waals surface area contributed by atoms with Crippen LogP contribution in [0.4, 0.5) is 0 Å². The molecule has 1 fully saturated rings. The molecule has 0 saturated carbocycles. The van der Waals surface area contributed by atoms with Gasteiger partial charge in [-0.3, -0.25) is 0 Å². The number of rotatable bonds is 3. The van der Waals surface area contributed by atoms with Crippen LogP contribution in [0.25, 0.3) is 0 Å². The van der Waals surface area contributed by atoms with E-state index in [9.17, 15) is 0 Å². The fraction of sp³-hybridized carbons (Fsp3) is 0.625. The maximum Gasteiger partial charge on any atom is 0.0244 e. The predicted octanol–water partition coefficient (Wildman–Crippen LogP) is 2.55. The van der Waals surface area contributed by atoms with E-state index < -0.39 is 0 Å². The molecule has 0 amide bonds. The molecule has 1 aliphatic rings. The van der Waals surface area contributed by atoms with Crippen molar-refractivity contribution in [2.45, 2.75) is 33.2 Å². The van der Waals surface area contributed by atoms with Crippen molar-refractivity contribution in [1.29, 1.82) is 0 Å². The topological polar surface area (TPSA) is 15.3 Å². The molecular formula is C16H26N2. The molecule has 1 unspecified atom stereocenters. The molecule has 1 heterocycles. The number of benzene rings is 1. The van der Waals surface area contributed by atoms with E-state index in [1.54, 1.807) is 0 Å². The Balaban J connectivity index is 1.83. The van der Waals surface area contributed by atoms with Crippen LogP contribution in [0.1, 0.15) is 26.3 Å². The van der Waals surface area contributed by atoms with Gasteiger partial charge >= 0.3 is 0 Å². The lowest BCUT2D eigenvalue weighted by Crippen LogP contribution is -2.56. The molecule has 0 radical (unpaired) electrons. The number of hydrogen-bond acceptors (Lipinski definition) is 2. The van der Waals surface area contributed by atoms with Gasteiger partial charge in [-0.05, 0) is 17.4 Å². The first-order valence-corrected chi connectivity index (χ1v) is 7.05. The smallest absolute Gasteiger partial charge is 0.0244 e. The van der Waals surface area contributed by atoms with Crippen LogP contribution in [-0.2, 0) is 6.42 Å². The molecule has 1 aromatic carbocycles. The highest BCUT2D eigenvalue weighted by Gasteiger charge is 2.28. The van der Waals surface area contributed by atoms with Gasteiger partial charge in [0.25, 0.3) is 0 Å². The van der Waals surface area contributed by atoms with E-state index in [1.165, 1.54) is 25.2 Å². The Morgan fingerprint density at radius 2 is 1.94 bits per heavy atom. The molecule has 1 atom stereocenters. The number of piperazine rings is 1. The fourth-order valence-corrected chi connectivity index (χ4v) is 2.53. The minimum Gasteiger partial charge on any atom is -0.311 e. The Morgan fingerprint density at radius 1 is 1.22 bits per heavy atom. The first kappa shape index (κ1) is 13.6. The zero-order chi connectivity index (χ0) is 13.0. The van der Waals surface area contributed by atoms with E-state index >= 15 is 0 Å². The lowest BCUT2D eigenvalue weighted by atomic mass is 9.85. The summed E-state index contributed by atoms with van der Waals surface area (Å²) in [5.41, 5.74) is 1.80. The van der Waals surface area contributed by atoms with Crippen molar-refractivity contribution < 1.29 is 0 Å². The maximum atomic E-state index is 3.65. The van der Waals surface area contributed by atoms with Crippen LogP contribution in [0.3, 0.4) is 0 Å². The highest BCUT2D eigenvalue weighted by molar-refractivity contribution is 5.14. The standard InChI is InChI=1S/C16H26N2/c1-16(2,3)15-13-18(12-10-17-15)11-9-14-7-5-4-6-8-14/h4-8,15,17H,9-13H2,1-3H3. The summed E-state index contributed by atoms with van der Waals surface area (Å²) in [5.74, 6) is 0. The molecular weight excluding hydrogens is 220 g/mol. The van der Waals surface area contributed by atoms with Crippen LogP contribution in [0.2, 0.25) is 0 Å². The summed E-state index contributed by atoms with van der Waals surface area (Å²) >= 11 is 0. The predicted molar refractivity (Wildman–Crippen MR) is 77.8 cm³/mol. The molecule has 0 aromatic heterocycles. The lowest BCUT2D eigenvalue weighted by Gasteiger charge is -2.40. The quantitative estimate of drug-likeness (QED) is 0.882. The number of hydrogen-bond donors (Lipinski definition) is 1. The minimum atomic E-state index is 0.353. The molecule has 1 aliphatic heterocycles. The highest BCUT2D eigenvalue weighted by atomic mass is 15.2. The molecule has 0 spiro atoms. The molecule has 0 aliphatic carbocycles. The van der Waals surface area contributed by atoms with Crippen molar-refractivity contribution in [3.63, 3.8) is 0 Å². The highest BCUT2D eigenvalue weighted by Crippen LogP contribution is 2.21. The van der Waals surface area contributed by atoms with Crippen LogP contribution in [0, 0.1) is 5.41 Å². The van der Waals surface area contributed by atoms with Crippen molar-refractivity contribution >= 4 is 0 Å². The largest absolute Gasteiger partial charge is 0.311 e. The molecule has 1 aromatic rings. The van der Waals surface area contributed by atoms with E-state index in [4.69, 9.17) is 0 Å². The van der Waals surface area contributed by atoms with Crippen LogP contribution < -0.4 is 5.32 Å². The van der Waals surface area contributed by atoms with Crippen molar-refractivity contribution in [1.82, 2.24) is 10.2 Å². The van der Waals surface area contributed by atoms with Gasteiger partial charge in [0.2, 0.25) is 0 Å². The lowest BCUT2D eigenvalue weighted by molar-refractivity contribution is 0.135. The summed E-state index contributed by atoms with van der Waals surface area (Å²) in [7, 11) is 0. The average molecular weight is 246 g/mol. The Labute approximate surface area is 111 Å². The summed E-state index contributed by atoms with van der Waals surface area (Å²) in [6, 6.07) is 11.4. The second kappa shape index (κ2) is 5.85. The van der Waals surface area contributed by atoms with Crippen LogP contribution in [-0.4, -0.2) is 37.1 Å². The summed E-state index contributed by atoms with van der Waals surface area (Å²) in [6.07, 6.45) is 1.16. The third kappa shape index (κ3) is 3.82. The SMILES string of the molecule is CC(C)(C)C1CN(CCc2ccccc2)CCN1. The van der Waals surface area contributed by atoms with Crippen molar-refractivity contribution in [3.05, 3.63) is 35.9 Å². The minimum absolute atomic E-state index is 0.353. The second-order valence-electron chi connectivity index (χ2n) is 6.41. The van der Waals surface area contributed by atoms with E-state index in [2.05, 4.69) is 61.3 Å². The summed E-state index contributed by atoms with van der Waals surface area (Å²) < 4.78 is 0. The first-order chi connectivity index (χ1) is 8.55. The van der Waals surface area contributed by atoms with Crippen molar-refractivity contribution in [2.24, 2.45) is 5.41 Å². The molecule has 2 nitrogen and oxygen atoms in total. The maximum absolute atomic E-state index is 3.65. The first-order valence-electron chi connectivity index (χ1n) is 7.05. The Hall–Kier alpha value is -0.860. The van der Waals surface area contributed by atoms with Gasteiger partial charge in [-0.2, -0.15) is 0 Å². The van der Waals surface area contributed by atoms with Gasteiger partial charge in [0.1, 0.15) is 0 Å². The van der Waals surface area contributed by atoms with Gasteiger partial charge in [-0.15, -0.1) is 0 Å². The molecule has 1 N–H and O–H groups in total. The Kier molecular flexibility index (Phi) is 4.41. The van der Waals surface area contributed by atoms with Crippen molar-refractivity contribution in [3.8, 4) is 0 Å². The Bertz CT molecular complexity index is 353. The van der Waals surface area contributed by atoms with Gasteiger partial charge in [0.05, 0.1) is 0 Å². The summed E-state index contributed by atoms with van der Waals surface area (Å²) in [6.45, 7) is 11.6. The molecule has 1 saturated heterocycles. The van der Waals surface area contributed by atoms with Gasteiger partial charge < -0.3 is 10.2 Å². The second-order valence-corrected chi connectivity index (χ2v) is 6.41. The molecule has 2 rings (SSSR count). The van der Waals surface area contributed by atoms with E-state index in [0.717, 1.165) is 13.0 Å². The van der Waals surface area contributed by atoms with E-state index in [0.29, 0.717) is 11.5 Å². The fourth-order valence-electron chi connectivity index (χ4n) is 2.53. The third-order valence-corrected chi connectivity index (χ3v) is 3.86. The summed E-state index contributed by atoms with van der Waals surface area (Å²) in [4.78, 5) is 2.60. The molecule has 100 valence electrons. The molecule has 18 heavy (non-hydrogen) atoms. The number of nitrogens with one attached hydrogen (secondary N) is 1. The molecule has 0 bridgehead atoms. The zero-order valence-corrected chi connectivity index (χ0v) is 11.9. The van der Waals surface area contributed by atoms with E-state index in [1.807, 2.05) is 0 Å². The van der Waals surface area contributed by atoms with Crippen molar-refractivity contribution in [2.75, 3.05) is 26.2 Å². The normalized spacial score (nSPS) is 22.1. The molecule has 2 heteroatoms. The average Bonchev–Trinajstić information content (AvgIpc) is 2.37. The van der Waals surface area contributed by atoms with Gasteiger partial charge in [0.15, 0.2) is 0 Å². The zero-order valence-electron chi connectivity index (χ0n) is 11.9. The van der Waals surface area contributed by atoms with Gasteiger partial charge in [-0.1, -0.05) is 51.1 Å². The Morgan fingerprint density at radius 3 is 2.61 bits per heavy atom. The van der Waals surface area contributed by atoms with E-state index in [-0.39, 0.29) is 0 Å². The van der Waals surface area contributed by atoms with Crippen LogP contribution >= 0.6 is 0 Å². The van der Waals surface area contributed by atoms with Gasteiger partial charge in [0, 0.05) is 32.2 Å².